The summed E-state index contributed by atoms with van der Waals surface area (Å²) in [5, 5.41) is 9.03. The first kappa shape index (κ1) is 13.4. The van der Waals surface area contributed by atoms with Gasteiger partial charge in [0.05, 0.1) is 0 Å². The average Bonchev–Trinajstić information content (AvgIpc) is 2.17. The van der Waals surface area contributed by atoms with Gasteiger partial charge in [-0.25, -0.2) is 0 Å². The summed E-state index contributed by atoms with van der Waals surface area (Å²) in [6.45, 7) is 2.03. The van der Waals surface area contributed by atoms with Gasteiger partial charge in [0.1, 0.15) is 6.04 Å². The number of carbonyl (C=O) groups is 1. The van der Waals surface area contributed by atoms with Crippen molar-refractivity contribution in [3.8, 4) is 0 Å². The van der Waals surface area contributed by atoms with Gasteiger partial charge in [0.15, 0.2) is 0 Å². The van der Waals surface area contributed by atoms with E-state index in [4.69, 9.17) is 10.8 Å². The summed E-state index contributed by atoms with van der Waals surface area (Å²) in [4.78, 5) is 15.2. The van der Waals surface area contributed by atoms with Gasteiger partial charge in [-0.05, 0) is 46.4 Å². The van der Waals surface area contributed by atoms with Crippen LogP contribution >= 0.6 is 0 Å². The number of piperidine rings is 1. The Balaban J connectivity index is 2.72. The first-order valence-electron chi connectivity index (χ1n) is 5.77. The molecule has 0 aromatic carbocycles. The molecule has 0 radical (unpaired) electrons. The number of nitrogens with two attached hydrogens (primary N) is 1. The Morgan fingerprint density at radius 2 is 2.19 bits per heavy atom. The van der Waals surface area contributed by atoms with Gasteiger partial charge in [0.2, 0.25) is 0 Å². The number of likely N-dealkylation sites (N-methyl/N-ethyl adjacent to an activating group) is 1. The Morgan fingerprint density at radius 3 is 2.62 bits per heavy atom. The summed E-state index contributed by atoms with van der Waals surface area (Å²) in [6.07, 6.45) is 2.19. The third-order valence-corrected chi connectivity index (χ3v) is 3.39. The van der Waals surface area contributed by atoms with E-state index in [1.807, 2.05) is 19.0 Å². The fraction of sp³-hybridized carbons (Fsp3) is 0.909. The van der Waals surface area contributed by atoms with Crippen LogP contribution in [0.4, 0.5) is 0 Å². The highest BCUT2D eigenvalue weighted by Crippen LogP contribution is 2.23. The van der Waals surface area contributed by atoms with Crippen LogP contribution < -0.4 is 5.73 Å². The van der Waals surface area contributed by atoms with Crippen LogP contribution in [0.1, 0.15) is 12.8 Å². The number of hydrogen-bond acceptors (Lipinski definition) is 4. The molecule has 0 spiro atoms. The summed E-state index contributed by atoms with van der Waals surface area (Å²) in [6, 6.07) is -0.883. The van der Waals surface area contributed by atoms with Crippen LogP contribution in [0.25, 0.3) is 0 Å². The molecule has 0 aromatic heterocycles. The molecule has 1 aliphatic heterocycles. The minimum absolute atomic E-state index is 0.0831. The molecular weight excluding hydrogens is 206 g/mol. The van der Waals surface area contributed by atoms with Crippen LogP contribution in [0.3, 0.4) is 0 Å². The van der Waals surface area contributed by atoms with E-state index in [9.17, 15) is 4.79 Å². The maximum atomic E-state index is 11.0. The van der Waals surface area contributed by atoms with Crippen LogP contribution in [-0.2, 0) is 4.79 Å². The minimum Gasteiger partial charge on any atom is -0.480 e. The third kappa shape index (κ3) is 3.17. The molecule has 1 fully saturated rings. The highest BCUT2D eigenvalue weighted by Gasteiger charge is 2.34. The molecule has 1 heterocycles. The Morgan fingerprint density at radius 1 is 1.56 bits per heavy atom. The largest absolute Gasteiger partial charge is 0.480 e. The summed E-state index contributed by atoms with van der Waals surface area (Å²) in [5.74, 6) is -0.563. The highest BCUT2D eigenvalue weighted by molar-refractivity contribution is 5.74. The smallest absolute Gasteiger partial charge is 0.322 e. The molecule has 16 heavy (non-hydrogen) atoms. The Hall–Kier alpha value is -0.650. The van der Waals surface area contributed by atoms with Crippen molar-refractivity contribution in [1.82, 2.24) is 9.80 Å². The molecule has 94 valence electrons. The van der Waals surface area contributed by atoms with Crippen molar-refractivity contribution in [2.45, 2.75) is 24.9 Å². The maximum Gasteiger partial charge on any atom is 0.322 e. The zero-order valence-corrected chi connectivity index (χ0v) is 10.4. The van der Waals surface area contributed by atoms with Crippen LogP contribution in [0.15, 0.2) is 0 Å². The zero-order chi connectivity index (χ0) is 12.3. The fourth-order valence-electron chi connectivity index (χ4n) is 2.67. The highest BCUT2D eigenvalue weighted by atomic mass is 16.4. The Labute approximate surface area is 97.2 Å². The monoisotopic (exact) mass is 229 g/mol. The number of aliphatic carboxylic acids is 1. The molecule has 3 unspecified atom stereocenters. The quantitative estimate of drug-likeness (QED) is 0.691. The molecule has 0 bridgehead atoms. The van der Waals surface area contributed by atoms with Crippen molar-refractivity contribution in [3.05, 3.63) is 0 Å². The maximum absolute atomic E-state index is 11.0. The van der Waals surface area contributed by atoms with Crippen molar-refractivity contribution in [2.24, 2.45) is 11.7 Å². The summed E-state index contributed by atoms with van der Waals surface area (Å²) in [7, 11) is 5.88. The normalized spacial score (nSPS) is 26.7. The standard InChI is InChI=1S/C11H23N3O2/c1-13(2)10(9(12)11(15)16)8-5-4-6-14(3)7-8/h8-10H,4-7,12H2,1-3H3,(H,15,16). The fourth-order valence-corrected chi connectivity index (χ4v) is 2.67. The number of likely N-dealkylation sites (tertiary alicyclic amines) is 1. The van der Waals surface area contributed by atoms with Crippen LogP contribution in [0.5, 0.6) is 0 Å². The number of carboxylic acids is 1. The molecular formula is C11H23N3O2. The van der Waals surface area contributed by atoms with Gasteiger partial charge in [0.25, 0.3) is 0 Å². The van der Waals surface area contributed by atoms with Crippen molar-refractivity contribution in [3.63, 3.8) is 0 Å². The van der Waals surface area contributed by atoms with Gasteiger partial charge in [0, 0.05) is 12.6 Å². The second-order valence-corrected chi connectivity index (χ2v) is 4.98. The van der Waals surface area contributed by atoms with Crippen LogP contribution in [0.2, 0.25) is 0 Å². The first-order chi connectivity index (χ1) is 7.43. The zero-order valence-electron chi connectivity index (χ0n) is 10.4. The molecule has 1 rings (SSSR count). The summed E-state index contributed by atoms with van der Waals surface area (Å²) < 4.78 is 0. The number of rotatable bonds is 4. The lowest BCUT2D eigenvalue weighted by Crippen LogP contribution is -2.56. The topological polar surface area (TPSA) is 69.8 Å². The predicted octanol–water partition coefficient (Wildman–Crippen LogP) is -0.330. The average molecular weight is 229 g/mol. The van der Waals surface area contributed by atoms with Crippen LogP contribution in [-0.4, -0.2) is 67.2 Å². The number of carboxylic acid groups (broad SMARTS) is 1. The lowest BCUT2D eigenvalue weighted by molar-refractivity contribution is -0.140. The second-order valence-electron chi connectivity index (χ2n) is 4.98. The van der Waals surface area contributed by atoms with E-state index in [0.717, 1.165) is 25.9 Å². The van der Waals surface area contributed by atoms with E-state index >= 15 is 0 Å². The van der Waals surface area contributed by atoms with E-state index in [0.29, 0.717) is 5.92 Å². The Kier molecular flexibility index (Phi) is 4.70. The molecule has 0 aliphatic carbocycles. The second kappa shape index (κ2) is 5.61. The van der Waals surface area contributed by atoms with Crippen molar-refractivity contribution >= 4 is 5.97 Å². The summed E-state index contributed by atoms with van der Waals surface area (Å²) >= 11 is 0. The molecule has 3 atom stereocenters. The van der Waals surface area contributed by atoms with Crippen molar-refractivity contribution in [2.75, 3.05) is 34.2 Å². The number of hydrogen-bond donors (Lipinski definition) is 2. The molecule has 0 aromatic rings. The molecule has 0 saturated carbocycles. The lowest BCUT2D eigenvalue weighted by Gasteiger charge is -2.39. The predicted molar refractivity (Wildman–Crippen MR) is 63.3 cm³/mol. The van der Waals surface area contributed by atoms with Gasteiger partial charge < -0.3 is 20.6 Å². The van der Waals surface area contributed by atoms with Gasteiger partial charge in [-0.15, -0.1) is 0 Å². The molecule has 1 aliphatic rings. The minimum atomic E-state index is -0.910. The first-order valence-corrected chi connectivity index (χ1v) is 5.77. The lowest BCUT2D eigenvalue weighted by atomic mass is 9.86. The van der Waals surface area contributed by atoms with Gasteiger partial charge >= 0.3 is 5.97 Å². The molecule has 0 amide bonds. The van der Waals surface area contributed by atoms with Crippen molar-refractivity contribution in [1.29, 1.82) is 0 Å². The SMILES string of the molecule is CN1CCCC(C(C(N)C(=O)O)N(C)C)C1. The third-order valence-electron chi connectivity index (χ3n) is 3.39. The van der Waals surface area contributed by atoms with Gasteiger partial charge in [-0.3, -0.25) is 4.79 Å². The van der Waals surface area contributed by atoms with E-state index in [2.05, 4.69) is 11.9 Å². The molecule has 5 heteroatoms. The Bertz CT molecular complexity index is 245. The molecule has 1 saturated heterocycles. The van der Waals surface area contributed by atoms with E-state index in [1.165, 1.54) is 0 Å². The van der Waals surface area contributed by atoms with E-state index < -0.39 is 12.0 Å². The molecule has 3 N–H and O–H groups in total. The van der Waals surface area contributed by atoms with Crippen LogP contribution in [0, 0.1) is 5.92 Å². The molecule has 5 nitrogen and oxygen atoms in total. The van der Waals surface area contributed by atoms with E-state index in [-0.39, 0.29) is 6.04 Å². The van der Waals surface area contributed by atoms with Gasteiger partial charge in [-0.2, -0.15) is 0 Å². The van der Waals surface area contributed by atoms with Gasteiger partial charge in [-0.1, -0.05) is 0 Å². The number of nitrogens with zero attached hydrogens (tertiary/aromatic N) is 2. The summed E-state index contributed by atoms with van der Waals surface area (Å²) in [5.41, 5.74) is 5.78. The van der Waals surface area contributed by atoms with E-state index in [1.54, 1.807) is 0 Å². The van der Waals surface area contributed by atoms with Crippen molar-refractivity contribution < 1.29 is 9.90 Å².